The molecule has 0 amide bonds. The molecule has 8 rings (SSSR count). The van der Waals surface area contributed by atoms with E-state index in [1.165, 1.54) is 83.1 Å². The summed E-state index contributed by atoms with van der Waals surface area (Å²) in [4.78, 5) is 6.91. The van der Waals surface area contributed by atoms with Crippen molar-refractivity contribution in [3.05, 3.63) is 116 Å². The Bertz CT molecular complexity index is 2390. The van der Waals surface area contributed by atoms with Crippen LogP contribution in [-0.2, 0) is 12.4 Å². The molecule has 0 N–H and O–H groups in total. The van der Waals surface area contributed by atoms with Crippen molar-refractivity contribution in [3.63, 3.8) is 0 Å². The predicted molar refractivity (Wildman–Crippen MR) is 207 cm³/mol. The van der Waals surface area contributed by atoms with Crippen LogP contribution in [0.2, 0.25) is 0 Å². The molecule has 0 aliphatic heterocycles. The second kappa shape index (κ2) is 12.6. The maximum Gasteiger partial charge on any atom is 0.416 e. The molecule has 2 aromatic carbocycles. The molecule has 0 atom stereocenters. The second-order valence-corrected chi connectivity index (χ2v) is 17.9. The van der Waals surface area contributed by atoms with Crippen LogP contribution in [0.25, 0.3) is 72.0 Å². The van der Waals surface area contributed by atoms with Gasteiger partial charge in [0.1, 0.15) is 0 Å². The standard InChI is InChI=1S/C38H22F6S6/c1-19-29(27-17-15-25(45-27)13-7-21-3-9-23(10-4-21)37(39,40)41)47-33-31(19)49-36-34-32(50-35(33)36)20(2)30(48-34)28-18-16-26(46-28)14-8-22-5-11-24(12-6-22)38(42,43)44/h3-18H,1-2H3/b13-7+,14-8+. The van der Waals surface area contributed by atoms with Crippen LogP contribution >= 0.6 is 68.0 Å². The van der Waals surface area contributed by atoms with Gasteiger partial charge in [0.25, 0.3) is 0 Å². The highest BCUT2D eigenvalue weighted by molar-refractivity contribution is 7.46. The molecule has 0 bridgehead atoms. The Balaban J connectivity index is 1.03. The van der Waals surface area contributed by atoms with E-state index in [1.54, 1.807) is 22.7 Å². The lowest BCUT2D eigenvalue weighted by Crippen LogP contribution is -2.03. The summed E-state index contributed by atoms with van der Waals surface area (Å²) in [6.45, 7) is 4.36. The van der Waals surface area contributed by atoms with Crippen LogP contribution < -0.4 is 0 Å². The van der Waals surface area contributed by atoms with Crippen molar-refractivity contribution in [1.29, 1.82) is 0 Å². The Morgan fingerprint density at radius 3 is 1.12 bits per heavy atom. The SMILES string of the molecule is Cc1c(-c2ccc(/C=C/c3ccc(C(F)(F)F)cc3)s2)sc2c1sc1c3sc(-c4ccc(/C=C/c5ccc(C(F)(F)F)cc5)s4)c(C)c3sc21. The van der Waals surface area contributed by atoms with Gasteiger partial charge in [-0.25, -0.2) is 0 Å². The van der Waals surface area contributed by atoms with Crippen LogP contribution in [0.15, 0.2) is 72.8 Å². The van der Waals surface area contributed by atoms with Crippen molar-refractivity contribution >= 4 is 121 Å². The number of fused-ring (bicyclic) bond motifs is 5. The first-order valence-corrected chi connectivity index (χ1v) is 20.0. The number of halogens is 6. The topological polar surface area (TPSA) is 0 Å². The highest BCUT2D eigenvalue weighted by atomic mass is 32.1. The van der Waals surface area contributed by atoms with E-state index < -0.39 is 23.5 Å². The minimum absolute atomic E-state index is 0.652. The Kier molecular flexibility index (Phi) is 8.48. The van der Waals surface area contributed by atoms with Crippen molar-refractivity contribution in [2.45, 2.75) is 26.2 Å². The van der Waals surface area contributed by atoms with E-state index in [9.17, 15) is 26.3 Å². The third-order valence-corrected chi connectivity index (χ3v) is 16.6. The fourth-order valence-electron chi connectivity index (χ4n) is 5.66. The van der Waals surface area contributed by atoms with E-state index in [4.69, 9.17) is 0 Å². The van der Waals surface area contributed by atoms with Crippen molar-refractivity contribution in [2.24, 2.45) is 0 Å². The molecule has 0 nitrogen and oxygen atoms in total. The smallest absolute Gasteiger partial charge is 0.166 e. The maximum atomic E-state index is 12.9. The van der Waals surface area contributed by atoms with E-state index in [2.05, 4.69) is 38.1 Å². The summed E-state index contributed by atoms with van der Waals surface area (Å²) in [5.74, 6) is 0. The summed E-state index contributed by atoms with van der Waals surface area (Å²) in [7, 11) is 0. The Morgan fingerprint density at radius 2 is 0.760 bits per heavy atom. The highest BCUT2D eigenvalue weighted by Crippen LogP contribution is 2.55. The van der Waals surface area contributed by atoms with Gasteiger partial charge < -0.3 is 0 Å². The Morgan fingerprint density at radius 1 is 0.400 bits per heavy atom. The number of thiophene rings is 6. The first-order chi connectivity index (χ1) is 23.8. The van der Waals surface area contributed by atoms with Gasteiger partial charge >= 0.3 is 12.4 Å². The van der Waals surface area contributed by atoms with Gasteiger partial charge in [-0.2, -0.15) is 26.3 Å². The summed E-state index contributed by atoms with van der Waals surface area (Å²) in [5, 5.41) is 0. The zero-order valence-corrected chi connectivity index (χ0v) is 30.9. The number of aryl methyl sites for hydroxylation is 2. The van der Waals surface area contributed by atoms with Gasteiger partial charge in [0.15, 0.2) is 0 Å². The molecule has 0 aliphatic rings. The monoisotopic (exact) mass is 784 g/mol. The van der Waals surface area contributed by atoms with Gasteiger partial charge in [0.2, 0.25) is 0 Å². The number of hydrogen-bond donors (Lipinski definition) is 0. The fourth-order valence-corrected chi connectivity index (χ4v) is 13.8. The van der Waals surface area contributed by atoms with E-state index >= 15 is 0 Å². The molecular formula is C38H22F6S6. The summed E-state index contributed by atoms with van der Waals surface area (Å²) >= 11 is 10.7. The lowest BCUT2D eigenvalue weighted by atomic mass is 10.1. The van der Waals surface area contributed by atoms with Crippen molar-refractivity contribution in [3.8, 4) is 19.5 Å². The van der Waals surface area contributed by atoms with Crippen molar-refractivity contribution in [1.82, 2.24) is 0 Å². The largest absolute Gasteiger partial charge is 0.416 e. The van der Waals surface area contributed by atoms with Gasteiger partial charge in [-0.15, -0.1) is 68.0 Å². The molecule has 0 radical (unpaired) electrons. The van der Waals surface area contributed by atoms with Crippen LogP contribution in [0.5, 0.6) is 0 Å². The third kappa shape index (κ3) is 6.20. The van der Waals surface area contributed by atoms with Gasteiger partial charge in [-0.1, -0.05) is 36.4 Å². The summed E-state index contributed by atoms with van der Waals surface area (Å²) < 4.78 is 85.3. The summed E-state index contributed by atoms with van der Waals surface area (Å²) in [6, 6.07) is 18.7. The molecular weight excluding hydrogens is 763 g/mol. The minimum atomic E-state index is -4.34. The van der Waals surface area contributed by atoms with Gasteiger partial charge in [0.05, 0.1) is 39.3 Å². The van der Waals surface area contributed by atoms with Crippen LogP contribution in [0.1, 0.15) is 43.1 Å². The minimum Gasteiger partial charge on any atom is -0.166 e. The molecule has 6 heterocycles. The number of hydrogen-bond acceptors (Lipinski definition) is 6. The van der Waals surface area contributed by atoms with Crippen LogP contribution in [0.3, 0.4) is 0 Å². The number of alkyl halides is 6. The average molecular weight is 785 g/mol. The molecule has 12 heteroatoms. The molecule has 0 fully saturated rings. The van der Waals surface area contributed by atoms with E-state index in [1.807, 2.05) is 69.7 Å². The molecule has 8 aromatic rings. The Hall–Kier alpha value is -3.52. The molecule has 0 aliphatic carbocycles. The van der Waals surface area contributed by atoms with E-state index in [-0.39, 0.29) is 0 Å². The van der Waals surface area contributed by atoms with Gasteiger partial charge in [-0.05, 0) is 96.8 Å². The fraction of sp³-hybridized carbons (Fsp3) is 0.105. The lowest BCUT2D eigenvalue weighted by molar-refractivity contribution is -0.138. The summed E-state index contributed by atoms with van der Waals surface area (Å²) in [6.07, 6.45) is -1.12. The quantitative estimate of drug-likeness (QED) is 0.147. The molecule has 0 unspecified atom stereocenters. The predicted octanol–water partition coefficient (Wildman–Crippen LogP) is 15.8. The number of rotatable bonds is 6. The zero-order chi connectivity index (χ0) is 34.9. The maximum absolute atomic E-state index is 12.9. The molecule has 50 heavy (non-hydrogen) atoms. The normalized spacial score (nSPS) is 13.0. The third-order valence-electron chi connectivity index (χ3n) is 8.27. The van der Waals surface area contributed by atoms with Crippen LogP contribution in [-0.4, -0.2) is 0 Å². The Labute approximate surface area is 306 Å². The first-order valence-electron chi connectivity index (χ1n) is 15.1. The molecule has 0 spiro atoms. The van der Waals surface area contributed by atoms with Gasteiger partial charge in [0, 0.05) is 29.3 Å². The van der Waals surface area contributed by atoms with E-state index in [0.717, 1.165) is 34.0 Å². The lowest BCUT2D eigenvalue weighted by Gasteiger charge is -2.05. The van der Waals surface area contributed by atoms with Crippen LogP contribution in [0.4, 0.5) is 26.3 Å². The van der Waals surface area contributed by atoms with Gasteiger partial charge in [-0.3, -0.25) is 0 Å². The zero-order valence-electron chi connectivity index (χ0n) is 26.0. The molecule has 0 saturated heterocycles. The van der Waals surface area contributed by atoms with Crippen molar-refractivity contribution < 1.29 is 26.3 Å². The van der Waals surface area contributed by atoms with E-state index in [0.29, 0.717) is 11.1 Å². The number of benzene rings is 2. The molecule has 0 saturated carbocycles. The molecule has 252 valence electrons. The second-order valence-electron chi connectivity index (χ2n) is 11.6. The first kappa shape index (κ1) is 33.6. The summed E-state index contributed by atoms with van der Waals surface area (Å²) in [5.41, 5.74) is 2.66. The highest BCUT2D eigenvalue weighted by Gasteiger charge is 2.30. The van der Waals surface area contributed by atoms with Crippen LogP contribution in [0, 0.1) is 13.8 Å². The average Bonchev–Trinajstić information content (AvgIpc) is 3.92. The van der Waals surface area contributed by atoms with Crippen molar-refractivity contribution in [2.75, 3.05) is 0 Å². The molecule has 6 aromatic heterocycles.